The molecule has 0 atom stereocenters. The monoisotopic (exact) mass is 307 g/mol. The van der Waals surface area contributed by atoms with E-state index in [-0.39, 0.29) is 0 Å². The zero-order valence-electron chi connectivity index (χ0n) is 10.9. The summed E-state index contributed by atoms with van der Waals surface area (Å²) < 4.78 is 10.9. The SMILES string of the molecule is COc1ccc(COc2ccc(Cl)cc2)cc1C(N)=S. The summed E-state index contributed by atoms with van der Waals surface area (Å²) in [5, 5.41) is 0.678. The lowest BCUT2D eigenvalue weighted by molar-refractivity contribution is 0.306. The summed E-state index contributed by atoms with van der Waals surface area (Å²) in [6.07, 6.45) is 0. The molecular weight excluding hydrogens is 294 g/mol. The topological polar surface area (TPSA) is 44.5 Å². The predicted octanol–water partition coefficient (Wildman–Crippen LogP) is 3.56. The van der Waals surface area contributed by atoms with Crippen molar-refractivity contribution in [3.8, 4) is 11.5 Å². The summed E-state index contributed by atoms with van der Waals surface area (Å²) >= 11 is 10.8. The summed E-state index contributed by atoms with van der Waals surface area (Å²) in [5.74, 6) is 1.41. The highest BCUT2D eigenvalue weighted by atomic mass is 35.5. The molecule has 0 saturated heterocycles. The van der Waals surface area contributed by atoms with E-state index in [0.717, 1.165) is 11.3 Å². The summed E-state index contributed by atoms with van der Waals surface area (Å²) in [6.45, 7) is 0.418. The third kappa shape index (κ3) is 3.62. The van der Waals surface area contributed by atoms with E-state index in [0.29, 0.717) is 27.9 Å². The van der Waals surface area contributed by atoms with Crippen LogP contribution in [0.2, 0.25) is 5.02 Å². The predicted molar refractivity (Wildman–Crippen MR) is 84.7 cm³/mol. The first-order valence-electron chi connectivity index (χ1n) is 5.95. The Labute approximate surface area is 128 Å². The molecule has 2 aromatic carbocycles. The van der Waals surface area contributed by atoms with Gasteiger partial charge in [0.05, 0.1) is 12.7 Å². The molecule has 0 aliphatic rings. The fourth-order valence-corrected chi connectivity index (χ4v) is 2.02. The molecule has 3 nitrogen and oxygen atoms in total. The number of benzene rings is 2. The van der Waals surface area contributed by atoms with Crippen LogP contribution in [0.3, 0.4) is 0 Å². The second kappa shape index (κ2) is 6.59. The van der Waals surface area contributed by atoms with Gasteiger partial charge in [-0.1, -0.05) is 29.9 Å². The molecule has 5 heteroatoms. The highest BCUT2D eigenvalue weighted by Gasteiger charge is 2.07. The molecule has 0 unspecified atom stereocenters. The molecule has 0 radical (unpaired) electrons. The van der Waals surface area contributed by atoms with Gasteiger partial charge in [0.25, 0.3) is 0 Å². The molecule has 0 heterocycles. The van der Waals surface area contributed by atoms with E-state index in [1.54, 1.807) is 19.2 Å². The standard InChI is InChI=1S/C15H14ClNO2S/c1-18-14-7-2-10(8-13(14)15(17)20)9-19-12-5-3-11(16)4-6-12/h2-8H,9H2,1H3,(H2,17,20). The van der Waals surface area contributed by atoms with Crippen LogP contribution in [0.15, 0.2) is 42.5 Å². The highest BCUT2D eigenvalue weighted by Crippen LogP contribution is 2.21. The maximum Gasteiger partial charge on any atom is 0.129 e. The van der Waals surface area contributed by atoms with Crippen molar-refractivity contribution in [1.82, 2.24) is 0 Å². The van der Waals surface area contributed by atoms with Gasteiger partial charge in [0.2, 0.25) is 0 Å². The molecule has 0 bridgehead atoms. The molecule has 2 rings (SSSR count). The van der Waals surface area contributed by atoms with Crippen LogP contribution < -0.4 is 15.2 Å². The fourth-order valence-electron chi connectivity index (χ4n) is 1.73. The van der Waals surface area contributed by atoms with Crippen LogP contribution in [-0.4, -0.2) is 12.1 Å². The van der Waals surface area contributed by atoms with Crippen LogP contribution in [0.4, 0.5) is 0 Å². The van der Waals surface area contributed by atoms with Crippen molar-refractivity contribution in [3.05, 3.63) is 58.6 Å². The number of ether oxygens (including phenoxy) is 2. The van der Waals surface area contributed by atoms with E-state index in [9.17, 15) is 0 Å². The fraction of sp³-hybridized carbons (Fsp3) is 0.133. The number of halogens is 1. The average molecular weight is 308 g/mol. The summed E-state index contributed by atoms with van der Waals surface area (Å²) in [5.41, 5.74) is 7.35. The molecule has 104 valence electrons. The van der Waals surface area contributed by atoms with Gasteiger partial charge in [-0.3, -0.25) is 0 Å². The molecular formula is C15H14ClNO2S. The van der Waals surface area contributed by atoms with Crippen molar-refractivity contribution in [2.75, 3.05) is 7.11 Å². The Morgan fingerprint density at radius 1 is 1.20 bits per heavy atom. The van der Waals surface area contributed by atoms with Gasteiger partial charge in [-0.05, 0) is 42.0 Å². The maximum atomic E-state index is 5.82. The van der Waals surface area contributed by atoms with Gasteiger partial charge in [0.15, 0.2) is 0 Å². The number of thiocarbonyl (C=S) groups is 1. The van der Waals surface area contributed by atoms with Gasteiger partial charge in [-0.25, -0.2) is 0 Å². The van der Waals surface area contributed by atoms with Crippen LogP contribution in [0.25, 0.3) is 0 Å². The Morgan fingerprint density at radius 2 is 1.90 bits per heavy atom. The molecule has 0 fully saturated rings. The summed E-state index contributed by atoms with van der Waals surface area (Å²) in [7, 11) is 1.58. The van der Waals surface area contributed by atoms with Crippen LogP contribution in [0.5, 0.6) is 11.5 Å². The third-order valence-electron chi connectivity index (χ3n) is 2.75. The van der Waals surface area contributed by atoms with Crippen LogP contribution in [0, 0.1) is 0 Å². The van der Waals surface area contributed by atoms with Gasteiger partial charge in [0.1, 0.15) is 23.1 Å². The number of hydrogen-bond donors (Lipinski definition) is 1. The van der Waals surface area contributed by atoms with Gasteiger partial charge >= 0.3 is 0 Å². The van der Waals surface area contributed by atoms with Crippen molar-refractivity contribution in [2.45, 2.75) is 6.61 Å². The Balaban J connectivity index is 2.11. The molecule has 20 heavy (non-hydrogen) atoms. The maximum absolute atomic E-state index is 5.82. The Kier molecular flexibility index (Phi) is 4.82. The van der Waals surface area contributed by atoms with Crippen molar-refractivity contribution >= 4 is 28.8 Å². The van der Waals surface area contributed by atoms with Gasteiger partial charge < -0.3 is 15.2 Å². The van der Waals surface area contributed by atoms with Gasteiger partial charge in [-0.2, -0.15) is 0 Å². The lowest BCUT2D eigenvalue weighted by Gasteiger charge is -2.11. The summed E-state index contributed by atoms with van der Waals surface area (Å²) in [6, 6.07) is 12.8. The highest BCUT2D eigenvalue weighted by molar-refractivity contribution is 7.80. The average Bonchev–Trinajstić information content (AvgIpc) is 2.46. The van der Waals surface area contributed by atoms with E-state index in [2.05, 4.69) is 0 Å². The molecule has 0 amide bonds. The minimum absolute atomic E-state index is 0.301. The van der Waals surface area contributed by atoms with Crippen LogP contribution in [-0.2, 0) is 6.61 Å². The minimum Gasteiger partial charge on any atom is -0.496 e. The van der Waals surface area contributed by atoms with Crippen molar-refractivity contribution < 1.29 is 9.47 Å². The lowest BCUT2D eigenvalue weighted by atomic mass is 10.1. The van der Waals surface area contributed by atoms with Crippen LogP contribution >= 0.6 is 23.8 Å². The van der Waals surface area contributed by atoms with E-state index in [1.807, 2.05) is 30.3 Å². The first kappa shape index (κ1) is 14.6. The number of nitrogens with two attached hydrogens (primary N) is 1. The number of methoxy groups -OCH3 is 1. The number of hydrogen-bond acceptors (Lipinski definition) is 3. The van der Waals surface area contributed by atoms with Crippen molar-refractivity contribution in [3.63, 3.8) is 0 Å². The molecule has 0 spiro atoms. The smallest absolute Gasteiger partial charge is 0.129 e. The third-order valence-corrected chi connectivity index (χ3v) is 3.22. The van der Waals surface area contributed by atoms with E-state index in [4.69, 9.17) is 39.0 Å². The van der Waals surface area contributed by atoms with Gasteiger partial charge in [0, 0.05) is 5.02 Å². The largest absolute Gasteiger partial charge is 0.496 e. The van der Waals surface area contributed by atoms with Crippen molar-refractivity contribution in [1.29, 1.82) is 0 Å². The normalized spacial score (nSPS) is 10.1. The van der Waals surface area contributed by atoms with E-state index < -0.39 is 0 Å². The van der Waals surface area contributed by atoms with Gasteiger partial charge in [-0.15, -0.1) is 0 Å². The lowest BCUT2D eigenvalue weighted by Crippen LogP contribution is -2.11. The molecule has 0 saturated carbocycles. The second-order valence-electron chi connectivity index (χ2n) is 4.14. The Hall–Kier alpha value is -1.78. The molecule has 0 aliphatic heterocycles. The second-order valence-corrected chi connectivity index (χ2v) is 5.02. The first-order valence-corrected chi connectivity index (χ1v) is 6.74. The first-order chi connectivity index (χ1) is 9.60. The van der Waals surface area contributed by atoms with Crippen molar-refractivity contribution in [2.24, 2.45) is 5.73 Å². The minimum atomic E-state index is 0.301. The number of rotatable bonds is 5. The zero-order chi connectivity index (χ0) is 14.5. The van der Waals surface area contributed by atoms with Crippen LogP contribution in [0.1, 0.15) is 11.1 Å². The molecule has 2 aromatic rings. The zero-order valence-corrected chi connectivity index (χ0v) is 12.5. The quantitative estimate of drug-likeness (QED) is 0.858. The Bertz CT molecular complexity index is 614. The molecule has 0 aliphatic carbocycles. The Morgan fingerprint density at radius 3 is 2.50 bits per heavy atom. The molecule has 2 N–H and O–H groups in total. The summed E-state index contributed by atoms with van der Waals surface area (Å²) in [4.78, 5) is 0.301. The van der Waals surface area contributed by atoms with E-state index in [1.165, 1.54) is 0 Å². The molecule has 0 aromatic heterocycles. The van der Waals surface area contributed by atoms with E-state index >= 15 is 0 Å².